The number of carboxylic acids is 1. The lowest BCUT2D eigenvalue weighted by atomic mass is 10.2. The van der Waals surface area contributed by atoms with E-state index in [1.54, 1.807) is 17.6 Å². The predicted molar refractivity (Wildman–Crippen MR) is 77.8 cm³/mol. The average Bonchev–Trinajstić information content (AvgIpc) is 2.90. The van der Waals surface area contributed by atoms with Crippen LogP contribution in [0.15, 0.2) is 17.6 Å². The Morgan fingerprint density at radius 3 is 3.00 bits per heavy atom. The first kappa shape index (κ1) is 15.1. The molecule has 0 fully saturated rings. The average molecular weight is 311 g/mol. The van der Waals surface area contributed by atoms with E-state index in [1.807, 2.05) is 0 Å². The van der Waals surface area contributed by atoms with E-state index in [4.69, 9.17) is 9.84 Å². The van der Waals surface area contributed by atoms with Crippen molar-refractivity contribution in [3.8, 4) is 0 Å². The van der Waals surface area contributed by atoms with Gasteiger partial charge in [-0.05, 0) is 12.1 Å². The fourth-order valence-electron chi connectivity index (χ4n) is 1.90. The minimum Gasteiger partial charge on any atom is -0.481 e. The summed E-state index contributed by atoms with van der Waals surface area (Å²) in [6, 6.07) is 3.33. The summed E-state index contributed by atoms with van der Waals surface area (Å²) >= 11 is 1.32. The molecule has 21 heavy (non-hydrogen) atoms. The number of aliphatic carboxylic acids is 1. The van der Waals surface area contributed by atoms with Gasteiger partial charge < -0.3 is 15.2 Å². The van der Waals surface area contributed by atoms with Crippen LogP contribution in [0.25, 0.3) is 10.2 Å². The van der Waals surface area contributed by atoms with Crippen LogP contribution in [0.1, 0.15) is 6.42 Å². The number of nitrogens with one attached hydrogen (secondary N) is 1. The number of thiazole rings is 1. The van der Waals surface area contributed by atoms with Crippen LogP contribution in [0.2, 0.25) is 0 Å². The zero-order valence-corrected chi connectivity index (χ0v) is 11.9. The topological polar surface area (TPSA) is 115 Å². The summed E-state index contributed by atoms with van der Waals surface area (Å²) in [7, 11) is 1.40. The molecule has 0 saturated carbocycles. The molecule has 0 amide bonds. The van der Waals surface area contributed by atoms with Crippen LogP contribution < -0.4 is 5.32 Å². The summed E-state index contributed by atoms with van der Waals surface area (Å²) in [4.78, 5) is 25.4. The number of hydrogen-bond donors (Lipinski definition) is 2. The van der Waals surface area contributed by atoms with E-state index in [0.29, 0.717) is 11.2 Å². The van der Waals surface area contributed by atoms with E-state index in [2.05, 4.69) is 10.3 Å². The van der Waals surface area contributed by atoms with Gasteiger partial charge in [0, 0.05) is 13.7 Å². The zero-order valence-electron chi connectivity index (χ0n) is 11.1. The molecular formula is C12H13N3O5S. The van der Waals surface area contributed by atoms with Gasteiger partial charge in [0.15, 0.2) is 5.52 Å². The summed E-state index contributed by atoms with van der Waals surface area (Å²) in [5, 5.41) is 22.8. The molecule has 112 valence electrons. The lowest BCUT2D eigenvalue weighted by Crippen LogP contribution is -2.25. The Kier molecular flexibility index (Phi) is 4.66. The van der Waals surface area contributed by atoms with Crippen LogP contribution in [-0.2, 0) is 9.53 Å². The van der Waals surface area contributed by atoms with Crippen molar-refractivity contribution in [2.45, 2.75) is 12.5 Å². The van der Waals surface area contributed by atoms with Crippen LogP contribution in [0.4, 0.5) is 11.4 Å². The van der Waals surface area contributed by atoms with E-state index in [-0.39, 0.29) is 18.7 Å². The van der Waals surface area contributed by atoms with Crippen molar-refractivity contribution in [3.05, 3.63) is 27.8 Å². The van der Waals surface area contributed by atoms with Gasteiger partial charge in [-0.25, -0.2) is 4.98 Å². The number of nitro groups is 1. The van der Waals surface area contributed by atoms with Crippen molar-refractivity contribution in [2.75, 3.05) is 19.0 Å². The standard InChI is InChI=1S/C12H13N3O5S/c1-20-7(4-10(16)17)5-13-8-2-3-9-11(14-6-21-9)12(8)15(18)19/h2-3,6-7,13H,4-5H2,1H3,(H,16,17). The van der Waals surface area contributed by atoms with Crippen molar-refractivity contribution in [1.82, 2.24) is 4.98 Å². The molecular weight excluding hydrogens is 298 g/mol. The molecule has 2 rings (SSSR count). The van der Waals surface area contributed by atoms with Gasteiger partial charge in [-0.3, -0.25) is 14.9 Å². The Bertz CT molecular complexity index is 672. The summed E-state index contributed by atoms with van der Waals surface area (Å²) in [5.74, 6) is -0.992. The maximum Gasteiger partial charge on any atom is 0.319 e. The van der Waals surface area contributed by atoms with E-state index < -0.39 is 17.0 Å². The number of aromatic nitrogens is 1. The molecule has 1 heterocycles. The Hall–Kier alpha value is -2.26. The number of anilines is 1. The van der Waals surface area contributed by atoms with Gasteiger partial charge in [-0.2, -0.15) is 0 Å². The third-order valence-corrected chi connectivity index (χ3v) is 3.71. The largest absolute Gasteiger partial charge is 0.481 e. The minimum atomic E-state index is -0.992. The number of hydrogen-bond acceptors (Lipinski definition) is 7. The number of ether oxygens (including phenoxy) is 1. The van der Waals surface area contributed by atoms with Crippen molar-refractivity contribution < 1.29 is 19.6 Å². The Balaban J connectivity index is 2.23. The monoisotopic (exact) mass is 311 g/mol. The molecule has 0 spiro atoms. The number of methoxy groups -OCH3 is 1. The van der Waals surface area contributed by atoms with E-state index in [1.165, 1.54) is 18.4 Å². The quantitative estimate of drug-likeness (QED) is 0.594. The number of rotatable bonds is 7. The van der Waals surface area contributed by atoms with E-state index in [0.717, 1.165) is 4.70 Å². The highest BCUT2D eigenvalue weighted by Gasteiger charge is 2.21. The van der Waals surface area contributed by atoms with Gasteiger partial charge >= 0.3 is 11.7 Å². The molecule has 0 bridgehead atoms. The van der Waals surface area contributed by atoms with Crippen LogP contribution in [-0.4, -0.2) is 40.7 Å². The van der Waals surface area contributed by atoms with Crippen LogP contribution in [0.3, 0.4) is 0 Å². The van der Waals surface area contributed by atoms with Crippen molar-refractivity contribution in [1.29, 1.82) is 0 Å². The maximum atomic E-state index is 11.2. The lowest BCUT2D eigenvalue weighted by molar-refractivity contribution is -0.382. The van der Waals surface area contributed by atoms with Crippen molar-refractivity contribution >= 4 is 38.9 Å². The number of carbonyl (C=O) groups is 1. The molecule has 2 aromatic rings. The highest BCUT2D eigenvalue weighted by atomic mass is 32.1. The summed E-state index contributed by atoms with van der Waals surface area (Å²) in [5.41, 5.74) is 2.05. The molecule has 1 unspecified atom stereocenters. The molecule has 0 aliphatic heterocycles. The Morgan fingerprint density at radius 1 is 1.62 bits per heavy atom. The first-order valence-electron chi connectivity index (χ1n) is 6.02. The lowest BCUT2D eigenvalue weighted by Gasteiger charge is -2.14. The van der Waals surface area contributed by atoms with Gasteiger partial charge in [-0.1, -0.05) is 0 Å². The van der Waals surface area contributed by atoms with E-state index in [9.17, 15) is 14.9 Å². The van der Waals surface area contributed by atoms with Gasteiger partial charge in [0.2, 0.25) is 0 Å². The highest BCUT2D eigenvalue weighted by Crippen LogP contribution is 2.34. The number of fused-ring (bicyclic) bond motifs is 1. The van der Waals surface area contributed by atoms with Gasteiger partial charge in [-0.15, -0.1) is 11.3 Å². The fraction of sp³-hybridized carbons (Fsp3) is 0.333. The molecule has 8 nitrogen and oxygen atoms in total. The van der Waals surface area contributed by atoms with Crippen molar-refractivity contribution in [3.63, 3.8) is 0 Å². The number of benzene rings is 1. The smallest absolute Gasteiger partial charge is 0.319 e. The molecule has 1 aromatic carbocycles. The summed E-state index contributed by atoms with van der Waals surface area (Å²) in [6.07, 6.45) is -0.760. The molecule has 0 aliphatic carbocycles. The predicted octanol–water partition coefficient (Wildman–Crippen LogP) is 2.11. The van der Waals surface area contributed by atoms with Gasteiger partial charge in [0.1, 0.15) is 5.69 Å². The van der Waals surface area contributed by atoms with Crippen LogP contribution in [0.5, 0.6) is 0 Å². The molecule has 1 atom stereocenters. The van der Waals surface area contributed by atoms with Crippen LogP contribution in [0, 0.1) is 10.1 Å². The third kappa shape index (κ3) is 3.44. The number of nitrogens with zero attached hydrogens (tertiary/aromatic N) is 2. The second kappa shape index (κ2) is 6.46. The van der Waals surface area contributed by atoms with Crippen molar-refractivity contribution in [2.24, 2.45) is 0 Å². The van der Waals surface area contributed by atoms with Gasteiger partial charge in [0.25, 0.3) is 0 Å². The molecule has 0 aliphatic rings. The molecule has 0 saturated heterocycles. The molecule has 9 heteroatoms. The normalized spacial score (nSPS) is 12.2. The second-order valence-corrected chi connectivity index (χ2v) is 5.14. The summed E-state index contributed by atoms with van der Waals surface area (Å²) in [6.45, 7) is 0.152. The van der Waals surface area contributed by atoms with Gasteiger partial charge in [0.05, 0.1) is 27.7 Å². The Labute approximate surface area is 123 Å². The maximum absolute atomic E-state index is 11.2. The number of carboxylic acid groups (broad SMARTS) is 1. The highest BCUT2D eigenvalue weighted by molar-refractivity contribution is 7.16. The SMILES string of the molecule is COC(CNc1ccc2scnc2c1[N+](=O)[O-])CC(=O)O. The molecule has 0 radical (unpaired) electrons. The molecule has 2 N–H and O–H groups in total. The number of nitro benzene ring substituents is 1. The minimum absolute atomic E-state index is 0.112. The first-order valence-corrected chi connectivity index (χ1v) is 6.90. The third-order valence-electron chi connectivity index (χ3n) is 2.91. The molecule has 1 aromatic heterocycles. The fourth-order valence-corrected chi connectivity index (χ4v) is 2.58. The zero-order chi connectivity index (χ0) is 15.4. The van der Waals surface area contributed by atoms with E-state index >= 15 is 0 Å². The summed E-state index contributed by atoms with van der Waals surface area (Å²) < 4.78 is 5.75. The first-order chi connectivity index (χ1) is 10.0. The second-order valence-electron chi connectivity index (χ2n) is 4.25. The van der Waals surface area contributed by atoms with Crippen LogP contribution >= 0.6 is 11.3 Å². The Morgan fingerprint density at radius 2 is 2.38 bits per heavy atom.